The van der Waals surface area contributed by atoms with Crippen LogP contribution in [0.3, 0.4) is 0 Å². The predicted molar refractivity (Wildman–Crippen MR) is 142 cm³/mol. The van der Waals surface area contributed by atoms with Crippen LogP contribution in [0.1, 0.15) is 44.9 Å². The van der Waals surface area contributed by atoms with Gasteiger partial charge >= 0.3 is 12.1 Å². The number of likely N-dealkylation sites (N-methyl/N-ethyl adjacent to an activating group) is 1. The van der Waals surface area contributed by atoms with Crippen molar-refractivity contribution in [1.82, 2.24) is 9.80 Å². The lowest BCUT2D eigenvalue weighted by Gasteiger charge is -2.38. The van der Waals surface area contributed by atoms with E-state index in [-0.39, 0.29) is 17.8 Å². The van der Waals surface area contributed by atoms with Crippen LogP contribution in [0.25, 0.3) is 5.82 Å². The third-order valence-electron chi connectivity index (χ3n) is 6.57. The summed E-state index contributed by atoms with van der Waals surface area (Å²) < 4.78 is 11.7. The number of thiophene rings is 1. The van der Waals surface area contributed by atoms with Gasteiger partial charge in [0.2, 0.25) is 6.79 Å². The molecule has 4 rings (SSSR count). The molecule has 0 atom stereocenters. The molecular formula is C27H36N4O4S. The van der Waals surface area contributed by atoms with E-state index in [0.29, 0.717) is 11.4 Å². The average Bonchev–Trinajstić information content (AvgIpc) is 3.11. The third-order valence-corrected chi connectivity index (χ3v) is 7.51. The van der Waals surface area contributed by atoms with E-state index in [4.69, 9.17) is 14.5 Å². The SMILES string of the molecule is CCCC(C)(C)CC(=O)OCOC(=O)N1C(N2CCN(C)CC2)=c2cc(C)sc2=Nc2ccccc21. The number of carbonyl (C=O) groups excluding carboxylic acids is 2. The van der Waals surface area contributed by atoms with E-state index in [2.05, 4.69) is 29.8 Å². The van der Waals surface area contributed by atoms with Crippen LogP contribution < -0.4 is 14.8 Å². The quantitative estimate of drug-likeness (QED) is 0.413. The van der Waals surface area contributed by atoms with Gasteiger partial charge in [0.05, 0.1) is 23.0 Å². The standard InChI is InChI=1S/C27H36N4O4S/c1-6-11-27(3,4)17-23(32)34-18-35-26(33)31-22-10-8-7-9-21(22)28-24-20(16-19(2)36-24)25(31)30-14-12-29(5)13-15-30/h7-10,16H,6,11-15,17-18H2,1-5H3. The lowest BCUT2D eigenvalue weighted by Crippen LogP contribution is -2.51. The smallest absolute Gasteiger partial charge is 0.423 e. The molecular weight excluding hydrogens is 476 g/mol. The van der Waals surface area contributed by atoms with E-state index in [1.54, 1.807) is 16.2 Å². The lowest BCUT2D eigenvalue weighted by molar-refractivity contribution is -0.154. The third kappa shape index (κ3) is 5.90. The first kappa shape index (κ1) is 26.2. The zero-order chi connectivity index (χ0) is 25.9. The molecule has 1 aromatic heterocycles. The molecule has 0 aliphatic carbocycles. The summed E-state index contributed by atoms with van der Waals surface area (Å²) in [6.45, 7) is 11.1. The Hall–Kier alpha value is -2.91. The van der Waals surface area contributed by atoms with Crippen molar-refractivity contribution >= 4 is 40.6 Å². The summed E-state index contributed by atoms with van der Waals surface area (Å²) in [5.41, 5.74) is 1.18. The fraction of sp³-hybridized carbons (Fsp3) is 0.519. The summed E-state index contributed by atoms with van der Waals surface area (Å²) in [4.78, 5) is 38.1. The molecule has 3 heterocycles. The fourth-order valence-corrected chi connectivity index (χ4v) is 5.65. The van der Waals surface area contributed by atoms with Crippen LogP contribution in [0.5, 0.6) is 0 Å². The van der Waals surface area contributed by atoms with Gasteiger partial charge in [-0.15, -0.1) is 11.3 Å². The Balaban J connectivity index is 1.63. The number of para-hydroxylation sites is 2. The maximum absolute atomic E-state index is 13.6. The van der Waals surface area contributed by atoms with Gasteiger partial charge in [-0.3, -0.25) is 4.79 Å². The number of piperazine rings is 1. The number of nitrogens with zero attached hydrogens (tertiary/aromatic N) is 4. The summed E-state index contributed by atoms with van der Waals surface area (Å²) in [6.07, 6.45) is 1.59. The number of hydrogen-bond donors (Lipinski definition) is 0. The van der Waals surface area contributed by atoms with Gasteiger partial charge in [0.1, 0.15) is 10.5 Å². The zero-order valence-electron chi connectivity index (χ0n) is 21.9. The molecule has 0 spiro atoms. The monoisotopic (exact) mass is 512 g/mol. The Morgan fingerprint density at radius 1 is 1.11 bits per heavy atom. The van der Waals surface area contributed by atoms with E-state index in [9.17, 15) is 9.59 Å². The highest BCUT2D eigenvalue weighted by Crippen LogP contribution is 2.34. The van der Waals surface area contributed by atoms with Gasteiger partial charge in [-0.25, -0.2) is 14.7 Å². The number of amides is 1. The molecule has 0 N–H and O–H groups in total. The zero-order valence-corrected chi connectivity index (χ0v) is 22.7. The molecule has 0 unspecified atom stereocenters. The molecule has 2 aromatic rings. The van der Waals surface area contributed by atoms with E-state index < -0.39 is 12.9 Å². The lowest BCUT2D eigenvalue weighted by atomic mass is 9.85. The molecule has 8 nitrogen and oxygen atoms in total. The summed E-state index contributed by atoms with van der Waals surface area (Å²) in [5.74, 6) is 0.392. The van der Waals surface area contributed by atoms with Crippen molar-refractivity contribution in [3.8, 4) is 0 Å². The van der Waals surface area contributed by atoms with Gasteiger partial charge < -0.3 is 19.3 Å². The number of benzene rings is 1. The molecule has 2 aliphatic heterocycles. The van der Waals surface area contributed by atoms with Crippen molar-refractivity contribution in [1.29, 1.82) is 0 Å². The minimum absolute atomic E-state index is 0.156. The molecule has 1 amide bonds. The topological polar surface area (TPSA) is 74.7 Å². The van der Waals surface area contributed by atoms with Crippen molar-refractivity contribution in [2.24, 2.45) is 10.4 Å². The highest BCUT2D eigenvalue weighted by molar-refractivity contribution is 7.09. The molecule has 9 heteroatoms. The van der Waals surface area contributed by atoms with Gasteiger partial charge in [-0.05, 0) is 44.0 Å². The van der Waals surface area contributed by atoms with E-state index >= 15 is 0 Å². The molecule has 0 saturated carbocycles. The number of hydrogen-bond acceptors (Lipinski definition) is 8. The Kier molecular flexibility index (Phi) is 8.00. The number of anilines is 1. The minimum atomic E-state index is -0.594. The van der Waals surface area contributed by atoms with Crippen LogP contribution in [-0.2, 0) is 14.3 Å². The summed E-state index contributed by atoms with van der Waals surface area (Å²) in [5, 5.41) is 0.911. The highest BCUT2D eigenvalue weighted by Gasteiger charge is 2.32. The number of carbonyl (C=O) groups is 2. The Morgan fingerprint density at radius 3 is 2.56 bits per heavy atom. The predicted octanol–water partition coefficient (Wildman–Crippen LogP) is 3.99. The second-order valence-corrected chi connectivity index (χ2v) is 11.5. The maximum atomic E-state index is 13.6. The molecule has 194 valence electrons. The molecule has 36 heavy (non-hydrogen) atoms. The van der Waals surface area contributed by atoms with Gasteiger partial charge in [0.15, 0.2) is 0 Å². The normalized spacial score (nSPS) is 16.1. The molecule has 0 radical (unpaired) electrons. The Labute approximate surface area is 216 Å². The minimum Gasteiger partial charge on any atom is -0.428 e. The fourth-order valence-electron chi connectivity index (χ4n) is 4.77. The molecule has 1 aromatic carbocycles. The molecule has 1 fully saturated rings. The van der Waals surface area contributed by atoms with Crippen LogP contribution in [0.4, 0.5) is 16.2 Å². The first-order valence-electron chi connectivity index (χ1n) is 12.5. The number of esters is 1. The second kappa shape index (κ2) is 11.0. The van der Waals surface area contributed by atoms with E-state index in [1.165, 1.54) is 0 Å². The molecule has 1 saturated heterocycles. The van der Waals surface area contributed by atoms with Gasteiger partial charge in [-0.2, -0.15) is 0 Å². The van der Waals surface area contributed by atoms with Crippen LogP contribution in [0.2, 0.25) is 0 Å². The Bertz CT molecular complexity index is 1230. The van der Waals surface area contributed by atoms with Crippen molar-refractivity contribution in [3.05, 3.63) is 45.1 Å². The molecule has 2 aliphatic rings. The number of aryl methyl sites for hydroxylation is 1. The van der Waals surface area contributed by atoms with Gasteiger partial charge in [0.25, 0.3) is 0 Å². The largest absolute Gasteiger partial charge is 0.428 e. The van der Waals surface area contributed by atoms with E-state index in [1.807, 2.05) is 45.0 Å². The van der Waals surface area contributed by atoms with Crippen LogP contribution >= 0.6 is 11.3 Å². The summed E-state index contributed by atoms with van der Waals surface area (Å²) in [7, 11) is 2.10. The second-order valence-electron chi connectivity index (χ2n) is 10.3. The van der Waals surface area contributed by atoms with Crippen LogP contribution in [-0.4, -0.2) is 61.9 Å². The van der Waals surface area contributed by atoms with Crippen molar-refractivity contribution in [2.75, 3.05) is 44.9 Å². The Morgan fingerprint density at radius 2 is 1.83 bits per heavy atom. The van der Waals surface area contributed by atoms with Gasteiger partial charge in [-0.1, -0.05) is 39.3 Å². The number of rotatable bonds is 7. The van der Waals surface area contributed by atoms with Crippen molar-refractivity contribution in [3.63, 3.8) is 0 Å². The highest BCUT2D eigenvalue weighted by atomic mass is 32.1. The summed E-state index contributed by atoms with van der Waals surface area (Å²) in [6, 6.07) is 9.65. The van der Waals surface area contributed by atoms with E-state index in [0.717, 1.165) is 59.6 Å². The van der Waals surface area contributed by atoms with Gasteiger partial charge in [0, 0.05) is 31.1 Å². The molecule has 0 bridgehead atoms. The van der Waals surface area contributed by atoms with Crippen molar-refractivity contribution in [2.45, 2.75) is 47.0 Å². The average molecular weight is 513 g/mol. The maximum Gasteiger partial charge on any atom is 0.423 e. The van der Waals surface area contributed by atoms with Crippen LogP contribution in [0, 0.1) is 12.3 Å². The first-order chi connectivity index (χ1) is 17.2. The first-order valence-corrected chi connectivity index (χ1v) is 13.3. The number of fused-ring (bicyclic) bond motifs is 2. The number of ether oxygens (including phenoxy) is 2. The van der Waals surface area contributed by atoms with Crippen LogP contribution in [0.15, 0.2) is 35.3 Å². The summed E-state index contributed by atoms with van der Waals surface area (Å²) >= 11 is 1.61. The van der Waals surface area contributed by atoms with Crippen molar-refractivity contribution < 1.29 is 19.1 Å².